The molecule has 0 radical (unpaired) electrons. The molecule has 2 rings (SSSR count). The second-order valence-electron chi connectivity index (χ2n) is 4.93. The van der Waals surface area contributed by atoms with Crippen LogP contribution in [0.4, 0.5) is 0 Å². The first-order valence-corrected chi connectivity index (χ1v) is 6.70. The number of hydrogen-bond donors (Lipinski definition) is 1. The van der Waals surface area contributed by atoms with Gasteiger partial charge >= 0.3 is 5.97 Å². The maximum absolute atomic E-state index is 12.2. The van der Waals surface area contributed by atoms with Crippen molar-refractivity contribution in [2.75, 3.05) is 13.7 Å². The Labute approximate surface area is 122 Å². The molecule has 0 spiro atoms. The third-order valence-electron chi connectivity index (χ3n) is 3.27. The monoisotopic (exact) mass is 294 g/mol. The van der Waals surface area contributed by atoms with Crippen LogP contribution < -0.4 is 9.47 Å². The van der Waals surface area contributed by atoms with Crippen LogP contribution in [0.2, 0.25) is 0 Å². The Morgan fingerprint density at radius 3 is 2.86 bits per heavy atom. The first-order chi connectivity index (χ1) is 9.93. The Kier molecular flexibility index (Phi) is 4.35. The van der Waals surface area contributed by atoms with Crippen molar-refractivity contribution >= 4 is 11.8 Å². The lowest BCUT2D eigenvalue weighted by Crippen LogP contribution is -2.25. The van der Waals surface area contributed by atoms with E-state index in [0.717, 1.165) is 0 Å². The summed E-state index contributed by atoms with van der Waals surface area (Å²) in [6.45, 7) is 3.20. The highest BCUT2D eigenvalue weighted by Gasteiger charge is 2.31. The van der Waals surface area contributed by atoms with Gasteiger partial charge in [-0.05, 0) is 6.92 Å². The third-order valence-corrected chi connectivity index (χ3v) is 3.27. The molecule has 0 saturated heterocycles. The van der Waals surface area contributed by atoms with Gasteiger partial charge in [-0.3, -0.25) is 9.59 Å². The lowest BCUT2D eigenvalue weighted by Gasteiger charge is -2.26. The van der Waals surface area contributed by atoms with E-state index in [1.807, 2.05) is 0 Å². The van der Waals surface area contributed by atoms with Gasteiger partial charge in [-0.2, -0.15) is 0 Å². The molecule has 0 saturated carbocycles. The lowest BCUT2D eigenvalue weighted by atomic mass is 9.95. The van der Waals surface area contributed by atoms with Crippen LogP contribution in [0.25, 0.3) is 0 Å². The molecule has 1 aliphatic heterocycles. The van der Waals surface area contributed by atoms with E-state index >= 15 is 0 Å². The van der Waals surface area contributed by atoms with Crippen LogP contribution in [0.5, 0.6) is 17.2 Å². The molecule has 1 N–H and O–H groups in total. The van der Waals surface area contributed by atoms with Gasteiger partial charge in [0.1, 0.15) is 28.9 Å². The van der Waals surface area contributed by atoms with Crippen LogP contribution in [0.1, 0.15) is 36.2 Å². The van der Waals surface area contributed by atoms with Crippen molar-refractivity contribution in [3.05, 3.63) is 17.2 Å². The first kappa shape index (κ1) is 15.2. The van der Waals surface area contributed by atoms with Crippen molar-refractivity contribution in [3.63, 3.8) is 0 Å². The zero-order valence-electron chi connectivity index (χ0n) is 12.3. The summed E-state index contributed by atoms with van der Waals surface area (Å²) in [5, 5.41) is 10.1. The minimum atomic E-state index is -0.401. The number of fused-ring (bicyclic) bond motifs is 1. The van der Waals surface area contributed by atoms with Crippen molar-refractivity contribution < 1.29 is 28.9 Å². The van der Waals surface area contributed by atoms with Crippen molar-refractivity contribution in [2.45, 2.75) is 32.8 Å². The van der Waals surface area contributed by atoms with Gasteiger partial charge in [0, 0.05) is 31.4 Å². The number of phenolic OH excluding ortho intramolecular Hbond substituents is 1. The molecule has 0 aliphatic carbocycles. The fraction of sp³-hybridized carbons (Fsp3) is 0.467. The third kappa shape index (κ3) is 3.09. The highest BCUT2D eigenvalue weighted by Crippen LogP contribution is 2.42. The van der Waals surface area contributed by atoms with Gasteiger partial charge in [-0.25, -0.2) is 0 Å². The Morgan fingerprint density at radius 1 is 1.52 bits per heavy atom. The largest absolute Gasteiger partial charge is 0.507 e. The van der Waals surface area contributed by atoms with E-state index in [-0.39, 0.29) is 42.8 Å². The van der Waals surface area contributed by atoms with Crippen molar-refractivity contribution in [1.29, 1.82) is 0 Å². The molecular formula is C15H18O6. The number of ether oxygens (including phenoxy) is 3. The number of aromatic hydroxyl groups is 1. The van der Waals surface area contributed by atoms with E-state index in [2.05, 4.69) is 0 Å². The maximum Gasteiger partial charge on any atom is 0.302 e. The number of rotatable bonds is 4. The number of Topliss-reactive ketones (excluding diaryl/α,β-unsaturated/α-hetero) is 1. The van der Waals surface area contributed by atoms with Gasteiger partial charge in [-0.15, -0.1) is 0 Å². The Balaban J connectivity index is 2.42. The smallest absolute Gasteiger partial charge is 0.302 e. The number of phenols is 1. The maximum atomic E-state index is 12.2. The summed E-state index contributed by atoms with van der Waals surface area (Å²) in [6, 6.07) is 1.39. The van der Waals surface area contributed by atoms with Crippen LogP contribution in [0.15, 0.2) is 6.07 Å². The van der Waals surface area contributed by atoms with E-state index in [1.165, 1.54) is 20.1 Å². The molecule has 114 valence electrons. The number of ketones is 1. The van der Waals surface area contributed by atoms with E-state index in [1.54, 1.807) is 6.92 Å². The molecule has 0 unspecified atom stereocenters. The van der Waals surface area contributed by atoms with Crippen molar-refractivity contribution in [3.8, 4) is 17.2 Å². The number of carbonyl (C=O) groups excluding carboxylic acids is 2. The van der Waals surface area contributed by atoms with Gasteiger partial charge < -0.3 is 19.3 Å². The quantitative estimate of drug-likeness (QED) is 0.854. The normalized spacial score (nSPS) is 16.9. The Morgan fingerprint density at radius 2 is 2.24 bits per heavy atom. The highest BCUT2D eigenvalue weighted by molar-refractivity contribution is 6.03. The highest BCUT2D eigenvalue weighted by atomic mass is 16.5. The molecule has 6 nitrogen and oxygen atoms in total. The minimum absolute atomic E-state index is 0.0420. The SMILES string of the molecule is COc1cc(O)c(CCOC(C)=O)c2c1C(=O)C[C@@H](C)O2. The van der Waals surface area contributed by atoms with E-state index in [0.29, 0.717) is 16.9 Å². The van der Waals surface area contributed by atoms with E-state index in [4.69, 9.17) is 14.2 Å². The predicted octanol–water partition coefficient (Wildman–Crippen LogP) is 1.86. The summed E-state index contributed by atoms with van der Waals surface area (Å²) in [4.78, 5) is 23.0. The van der Waals surface area contributed by atoms with E-state index < -0.39 is 5.97 Å². The number of methoxy groups -OCH3 is 1. The zero-order chi connectivity index (χ0) is 15.6. The average Bonchev–Trinajstić information content (AvgIpc) is 2.39. The first-order valence-electron chi connectivity index (χ1n) is 6.70. The van der Waals surface area contributed by atoms with Crippen LogP contribution in [-0.4, -0.2) is 36.7 Å². The number of benzene rings is 1. The zero-order valence-corrected chi connectivity index (χ0v) is 12.3. The van der Waals surface area contributed by atoms with Crippen molar-refractivity contribution in [1.82, 2.24) is 0 Å². The molecule has 0 amide bonds. The van der Waals surface area contributed by atoms with Crippen LogP contribution in [0, 0.1) is 0 Å². The molecule has 0 bridgehead atoms. The molecule has 1 aliphatic rings. The fourth-order valence-electron chi connectivity index (χ4n) is 2.36. The van der Waals surface area contributed by atoms with Crippen LogP contribution in [0.3, 0.4) is 0 Å². The van der Waals surface area contributed by atoms with Gasteiger partial charge in [0.25, 0.3) is 0 Å². The van der Waals surface area contributed by atoms with Gasteiger partial charge in [0.05, 0.1) is 13.7 Å². The molecule has 1 heterocycles. The second kappa shape index (κ2) is 6.03. The molecule has 0 fully saturated rings. The summed E-state index contributed by atoms with van der Waals surface area (Å²) in [7, 11) is 1.43. The summed E-state index contributed by atoms with van der Waals surface area (Å²) >= 11 is 0. The molecule has 1 aromatic rings. The lowest BCUT2D eigenvalue weighted by molar-refractivity contribution is -0.140. The van der Waals surface area contributed by atoms with Crippen molar-refractivity contribution in [2.24, 2.45) is 0 Å². The number of esters is 1. The standard InChI is InChI=1S/C15H18O6/c1-8-6-12(18)14-13(19-3)7-11(17)10(15(14)21-8)4-5-20-9(2)16/h7-8,17H,4-6H2,1-3H3/t8-/m1/s1. The van der Waals surface area contributed by atoms with Crippen LogP contribution in [-0.2, 0) is 16.0 Å². The molecule has 21 heavy (non-hydrogen) atoms. The molecule has 1 aromatic carbocycles. The van der Waals surface area contributed by atoms with Gasteiger partial charge in [0.15, 0.2) is 5.78 Å². The summed E-state index contributed by atoms with van der Waals surface area (Å²) in [6.07, 6.45) is 0.249. The van der Waals surface area contributed by atoms with Gasteiger partial charge in [0.2, 0.25) is 0 Å². The summed E-state index contributed by atoms with van der Waals surface area (Å²) < 4.78 is 15.7. The fourth-order valence-corrected chi connectivity index (χ4v) is 2.36. The summed E-state index contributed by atoms with van der Waals surface area (Å²) in [5.74, 6) is 0.0783. The molecule has 0 aromatic heterocycles. The predicted molar refractivity (Wildman–Crippen MR) is 74.0 cm³/mol. The van der Waals surface area contributed by atoms with Gasteiger partial charge in [-0.1, -0.05) is 0 Å². The number of carbonyl (C=O) groups is 2. The Bertz CT molecular complexity index is 578. The van der Waals surface area contributed by atoms with Crippen LogP contribution >= 0.6 is 0 Å². The van der Waals surface area contributed by atoms with E-state index in [9.17, 15) is 14.7 Å². The summed E-state index contributed by atoms with van der Waals surface area (Å²) in [5.41, 5.74) is 0.790. The molecular weight excluding hydrogens is 276 g/mol. The topological polar surface area (TPSA) is 82.1 Å². The molecule has 6 heteroatoms. The number of hydrogen-bond acceptors (Lipinski definition) is 6. The minimum Gasteiger partial charge on any atom is -0.507 e. The molecule has 1 atom stereocenters. The second-order valence-corrected chi connectivity index (χ2v) is 4.93. The average molecular weight is 294 g/mol. The Hall–Kier alpha value is -2.24.